The van der Waals surface area contributed by atoms with Crippen LogP contribution in [0, 0.1) is 6.92 Å². The number of halogens is 3. The quantitative estimate of drug-likeness (QED) is 0.622. The van der Waals surface area contributed by atoms with Gasteiger partial charge in [0.05, 0.1) is 0 Å². The minimum absolute atomic E-state index is 0.201. The number of hydrogen-bond acceptors (Lipinski definition) is 5. The van der Waals surface area contributed by atoms with Crippen LogP contribution in [0.3, 0.4) is 0 Å². The zero-order valence-corrected chi connectivity index (χ0v) is 11.9. The third-order valence-electron chi connectivity index (χ3n) is 2.83. The van der Waals surface area contributed by atoms with Crippen molar-refractivity contribution in [3.63, 3.8) is 0 Å². The number of nitrogen functional groups attached to an aromatic ring is 1. The lowest BCUT2D eigenvalue weighted by Gasteiger charge is -2.26. The predicted molar refractivity (Wildman–Crippen MR) is 72.5 cm³/mol. The second kappa shape index (κ2) is 6.74. The van der Waals surface area contributed by atoms with Crippen LogP contribution >= 0.6 is 0 Å². The molecular weight excluding hydrogens is 271 g/mol. The van der Waals surface area contributed by atoms with Gasteiger partial charge in [-0.3, -0.25) is 0 Å². The van der Waals surface area contributed by atoms with Crippen molar-refractivity contribution in [1.82, 2.24) is 9.97 Å². The molecule has 1 aromatic heterocycles. The molecule has 0 aliphatic carbocycles. The minimum Gasteiger partial charge on any atom is -0.347 e. The van der Waals surface area contributed by atoms with E-state index in [1.165, 1.54) is 4.90 Å². The lowest BCUT2D eigenvalue weighted by Crippen LogP contribution is -2.35. The van der Waals surface area contributed by atoms with Crippen molar-refractivity contribution >= 4 is 11.6 Å². The van der Waals surface area contributed by atoms with Gasteiger partial charge in [0, 0.05) is 18.5 Å². The second-order valence-electron chi connectivity index (χ2n) is 4.46. The first kappa shape index (κ1) is 16.5. The smallest absolute Gasteiger partial charge is 0.347 e. The van der Waals surface area contributed by atoms with E-state index in [2.05, 4.69) is 15.4 Å². The van der Waals surface area contributed by atoms with Crippen molar-refractivity contribution in [2.24, 2.45) is 5.84 Å². The maximum Gasteiger partial charge on any atom is 0.405 e. The van der Waals surface area contributed by atoms with Crippen LogP contribution in [-0.4, -0.2) is 29.2 Å². The highest BCUT2D eigenvalue weighted by Gasteiger charge is 2.31. The molecule has 0 fully saturated rings. The second-order valence-corrected chi connectivity index (χ2v) is 4.46. The van der Waals surface area contributed by atoms with Gasteiger partial charge in [0.15, 0.2) is 0 Å². The summed E-state index contributed by atoms with van der Waals surface area (Å²) in [6.45, 7) is 4.41. The van der Waals surface area contributed by atoms with Crippen LogP contribution in [-0.2, 0) is 6.42 Å². The van der Waals surface area contributed by atoms with Crippen molar-refractivity contribution in [2.75, 3.05) is 23.4 Å². The fourth-order valence-electron chi connectivity index (χ4n) is 1.89. The number of hydrogen-bond donors (Lipinski definition) is 2. The fraction of sp³-hybridized carbons (Fsp3) is 0.667. The van der Waals surface area contributed by atoms with Crippen LogP contribution in [0.4, 0.5) is 24.8 Å². The van der Waals surface area contributed by atoms with Gasteiger partial charge >= 0.3 is 6.18 Å². The van der Waals surface area contributed by atoms with E-state index < -0.39 is 12.7 Å². The maximum atomic E-state index is 12.6. The molecule has 0 radical (unpaired) electrons. The van der Waals surface area contributed by atoms with Crippen molar-refractivity contribution in [3.8, 4) is 0 Å². The summed E-state index contributed by atoms with van der Waals surface area (Å²) >= 11 is 0. The first-order chi connectivity index (χ1) is 9.32. The van der Waals surface area contributed by atoms with Crippen LogP contribution in [0.25, 0.3) is 0 Å². The molecule has 0 atom stereocenters. The normalized spacial score (nSPS) is 11.6. The van der Waals surface area contributed by atoms with Gasteiger partial charge in [-0.2, -0.15) is 13.2 Å². The van der Waals surface area contributed by atoms with Gasteiger partial charge in [-0.25, -0.2) is 15.8 Å². The molecule has 1 heterocycles. The SMILES string of the molecule is CCCc1nc(NN)c(C)c(N(CC)CC(F)(F)F)n1. The van der Waals surface area contributed by atoms with E-state index in [1.807, 2.05) is 6.92 Å². The molecule has 0 saturated carbocycles. The lowest BCUT2D eigenvalue weighted by molar-refractivity contribution is -0.119. The molecule has 0 aliphatic rings. The Morgan fingerprint density at radius 2 is 1.90 bits per heavy atom. The van der Waals surface area contributed by atoms with Gasteiger partial charge in [-0.05, 0) is 20.3 Å². The van der Waals surface area contributed by atoms with Crippen molar-refractivity contribution in [3.05, 3.63) is 11.4 Å². The lowest BCUT2D eigenvalue weighted by atomic mass is 10.2. The van der Waals surface area contributed by atoms with Gasteiger partial charge in [0.25, 0.3) is 0 Å². The molecule has 0 aromatic carbocycles. The molecule has 8 heteroatoms. The van der Waals surface area contributed by atoms with E-state index >= 15 is 0 Å². The Morgan fingerprint density at radius 3 is 2.35 bits per heavy atom. The van der Waals surface area contributed by atoms with Gasteiger partial charge in [-0.15, -0.1) is 0 Å². The third kappa shape index (κ3) is 4.22. The molecule has 1 rings (SSSR count). The Balaban J connectivity index is 3.21. The standard InChI is InChI=1S/C12H20F3N5/c1-4-6-9-17-10(19-16)8(3)11(18-9)20(5-2)7-12(13,14)15/h4-7,16H2,1-3H3,(H,17,18,19). The number of anilines is 2. The Bertz CT molecular complexity index is 447. The molecule has 0 amide bonds. The Kier molecular flexibility index (Phi) is 5.55. The first-order valence-electron chi connectivity index (χ1n) is 6.48. The van der Waals surface area contributed by atoms with Gasteiger partial charge in [-0.1, -0.05) is 6.92 Å². The summed E-state index contributed by atoms with van der Waals surface area (Å²) in [4.78, 5) is 9.62. The van der Waals surface area contributed by atoms with Crippen LogP contribution in [0.2, 0.25) is 0 Å². The molecule has 0 saturated heterocycles. The summed E-state index contributed by atoms with van der Waals surface area (Å²) in [6.07, 6.45) is -2.89. The molecule has 1 aromatic rings. The summed E-state index contributed by atoms with van der Waals surface area (Å²) in [5, 5.41) is 0. The third-order valence-corrected chi connectivity index (χ3v) is 2.83. The summed E-state index contributed by atoms with van der Waals surface area (Å²) < 4.78 is 37.8. The van der Waals surface area contributed by atoms with Crippen LogP contribution < -0.4 is 16.2 Å². The number of nitrogens with two attached hydrogens (primary N) is 1. The van der Waals surface area contributed by atoms with Gasteiger partial charge < -0.3 is 10.3 Å². The van der Waals surface area contributed by atoms with Crippen LogP contribution in [0.5, 0.6) is 0 Å². The minimum atomic E-state index is -4.28. The molecule has 114 valence electrons. The largest absolute Gasteiger partial charge is 0.405 e. The number of hydrazine groups is 1. The monoisotopic (exact) mass is 291 g/mol. The average molecular weight is 291 g/mol. The van der Waals surface area contributed by atoms with E-state index in [0.717, 1.165) is 6.42 Å². The summed E-state index contributed by atoms with van der Waals surface area (Å²) in [7, 11) is 0. The van der Waals surface area contributed by atoms with E-state index in [1.54, 1.807) is 13.8 Å². The van der Waals surface area contributed by atoms with E-state index in [4.69, 9.17) is 5.84 Å². The van der Waals surface area contributed by atoms with Crippen molar-refractivity contribution in [2.45, 2.75) is 39.8 Å². The number of aryl methyl sites for hydroxylation is 1. The molecule has 0 bridgehead atoms. The van der Waals surface area contributed by atoms with Gasteiger partial charge in [0.2, 0.25) is 0 Å². The summed E-state index contributed by atoms with van der Waals surface area (Å²) in [5.74, 6) is 6.49. The van der Waals surface area contributed by atoms with Crippen LogP contribution in [0.1, 0.15) is 31.7 Å². The molecule has 20 heavy (non-hydrogen) atoms. The molecule has 0 aliphatic heterocycles. The Morgan fingerprint density at radius 1 is 1.25 bits per heavy atom. The molecule has 0 unspecified atom stereocenters. The van der Waals surface area contributed by atoms with E-state index in [0.29, 0.717) is 23.6 Å². The number of rotatable bonds is 6. The highest BCUT2D eigenvalue weighted by molar-refractivity contribution is 5.58. The Hall–Kier alpha value is -1.57. The van der Waals surface area contributed by atoms with Crippen LogP contribution in [0.15, 0.2) is 0 Å². The molecule has 0 spiro atoms. The van der Waals surface area contributed by atoms with Crippen molar-refractivity contribution < 1.29 is 13.2 Å². The predicted octanol–water partition coefficient (Wildman–Crippen LogP) is 2.41. The highest BCUT2D eigenvalue weighted by atomic mass is 19.4. The molecule has 3 N–H and O–H groups in total. The molecule has 5 nitrogen and oxygen atoms in total. The average Bonchev–Trinajstić information content (AvgIpc) is 2.37. The molecular formula is C12H20F3N5. The number of aromatic nitrogens is 2. The first-order valence-corrected chi connectivity index (χ1v) is 6.48. The number of nitrogens with zero attached hydrogens (tertiary/aromatic N) is 3. The zero-order chi connectivity index (χ0) is 15.3. The Labute approximate surface area is 116 Å². The number of nitrogens with one attached hydrogen (secondary N) is 1. The fourth-order valence-corrected chi connectivity index (χ4v) is 1.89. The van der Waals surface area contributed by atoms with Crippen molar-refractivity contribution in [1.29, 1.82) is 0 Å². The van der Waals surface area contributed by atoms with E-state index in [9.17, 15) is 13.2 Å². The summed E-state index contributed by atoms with van der Waals surface area (Å²) in [5.41, 5.74) is 2.93. The topological polar surface area (TPSA) is 67.1 Å². The summed E-state index contributed by atoms with van der Waals surface area (Å²) in [6, 6.07) is 0. The van der Waals surface area contributed by atoms with E-state index in [-0.39, 0.29) is 12.4 Å². The van der Waals surface area contributed by atoms with Gasteiger partial charge in [0.1, 0.15) is 24.0 Å². The highest BCUT2D eigenvalue weighted by Crippen LogP contribution is 2.26. The maximum absolute atomic E-state index is 12.6. The number of alkyl halides is 3. The zero-order valence-electron chi connectivity index (χ0n) is 11.9.